The topological polar surface area (TPSA) is 56.7 Å². The summed E-state index contributed by atoms with van der Waals surface area (Å²) in [6.07, 6.45) is 0.708. The summed E-state index contributed by atoms with van der Waals surface area (Å²) in [5.74, 6) is 1.69. The van der Waals surface area contributed by atoms with E-state index in [2.05, 4.69) is 41.3 Å². The number of aryl methyl sites for hydroxylation is 2. The molecule has 2 aromatic rings. The van der Waals surface area contributed by atoms with Gasteiger partial charge in [-0.2, -0.15) is 5.10 Å². The van der Waals surface area contributed by atoms with Crippen LogP contribution in [0, 0.1) is 6.92 Å². The van der Waals surface area contributed by atoms with E-state index in [-0.39, 0.29) is 6.04 Å². The lowest BCUT2D eigenvalue weighted by molar-refractivity contribution is 0.681. The second-order valence-corrected chi connectivity index (χ2v) is 4.52. The van der Waals surface area contributed by atoms with Gasteiger partial charge in [0, 0.05) is 25.1 Å². The fraction of sp³-hybridized carbons (Fsp3) is 0.385. The quantitative estimate of drug-likeness (QED) is 0.872. The average molecular weight is 230 g/mol. The van der Waals surface area contributed by atoms with Crippen molar-refractivity contribution in [3.05, 3.63) is 35.7 Å². The third-order valence-corrected chi connectivity index (χ3v) is 2.62. The Kier molecular flexibility index (Phi) is 3.24. The Morgan fingerprint density at radius 2 is 1.94 bits per heavy atom. The molecule has 0 amide bonds. The lowest BCUT2D eigenvalue weighted by Gasteiger charge is -2.00. The van der Waals surface area contributed by atoms with Gasteiger partial charge >= 0.3 is 0 Å². The van der Waals surface area contributed by atoms with Crippen LogP contribution in [-0.2, 0) is 13.5 Å². The molecule has 0 saturated heterocycles. The van der Waals surface area contributed by atoms with Crippen molar-refractivity contribution < 1.29 is 0 Å². The summed E-state index contributed by atoms with van der Waals surface area (Å²) >= 11 is 0. The fourth-order valence-corrected chi connectivity index (χ4v) is 1.77. The number of benzene rings is 1. The zero-order valence-electron chi connectivity index (χ0n) is 10.5. The number of nitrogens with zero attached hydrogens (tertiary/aromatic N) is 3. The predicted octanol–water partition coefficient (Wildman–Crippen LogP) is 1.68. The Labute approximate surface area is 101 Å². The van der Waals surface area contributed by atoms with Gasteiger partial charge < -0.3 is 5.73 Å². The van der Waals surface area contributed by atoms with Gasteiger partial charge in [0.1, 0.15) is 0 Å². The molecular weight excluding hydrogens is 212 g/mol. The van der Waals surface area contributed by atoms with Crippen LogP contribution in [0.25, 0.3) is 11.4 Å². The Morgan fingerprint density at radius 1 is 1.29 bits per heavy atom. The molecule has 0 fully saturated rings. The third kappa shape index (κ3) is 2.71. The van der Waals surface area contributed by atoms with E-state index < -0.39 is 0 Å². The van der Waals surface area contributed by atoms with Crippen LogP contribution in [0.5, 0.6) is 0 Å². The predicted molar refractivity (Wildman–Crippen MR) is 68.5 cm³/mol. The highest BCUT2D eigenvalue weighted by atomic mass is 15.3. The summed E-state index contributed by atoms with van der Waals surface area (Å²) in [5, 5.41) is 4.38. The van der Waals surface area contributed by atoms with Crippen molar-refractivity contribution in [3.8, 4) is 11.4 Å². The highest BCUT2D eigenvalue weighted by Crippen LogP contribution is 2.17. The van der Waals surface area contributed by atoms with E-state index in [1.807, 2.05) is 18.7 Å². The molecule has 4 nitrogen and oxygen atoms in total. The van der Waals surface area contributed by atoms with Crippen molar-refractivity contribution in [1.82, 2.24) is 14.8 Å². The van der Waals surface area contributed by atoms with Gasteiger partial charge in [-0.3, -0.25) is 0 Å². The molecule has 1 atom stereocenters. The maximum atomic E-state index is 5.75. The summed E-state index contributed by atoms with van der Waals surface area (Å²) in [7, 11) is 1.91. The molecule has 0 aliphatic carbocycles. The first-order valence-corrected chi connectivity index (χ1v) is 5.79. The number of hydrogen-bond donors (Lipinski definition) is 1. The average Bonchev–Trinajstić information content (AvgIpc) is 2.59. The van der Waals surface area contributed by atoms with Crippen LogP contribution in [0.3, 0.4) is 0 Å². The monoisotopic (exact) mass is 230 g/mol. The standard InChI is InChI=1S/C13H18N4/c1-9-4-6-11(7-5-9)13-15-12(8-10(2)14)16-17(13)3/h4-7,10H,8,14H2,1-3H3. The fourth-order valence-electron chi connectivity index (χ4n) is 1.77. The molecule has 17 heavy (non-hydrogen) atoms. The second kappa shape index (κ2) is 4.67. The lowest BCUT2D eigenvalue weighted by Crippen LogP contribution is -2.18. The highest BCUT2D eigenvalue weighted by Gasteiger charge is 2.10. The van der Waals surface area contributed by atoms with Crippen molar-refractivity contribution in [2.75, 3.05) is 0 Å². The third-order valence-electron chi connectivity index (χ3n) is 2.62. The molecule has 2 rings (SSSR count). The molecule has 1 aromatic carbocycles. The van der Waals surface area contributed by atoms with Crippen LogP contribution in [0.15, 0.2) is 24.3 Å². The van der Waals surface area contributed by atoms with E-state index in [1.54, 1.807) is 0 Å². The Bertz CT molecular complexity index is 497. The summed E-state index contributed by atoms with van der Waals surface area (Å²) in [5.41, 5.74) is 8.08. The van der Waals surface area contributed by atoms with Crippen molar-refractivity contribution in [2.45, 2.75) is 26.3 Å². The summed E-state index contributed by atoms with van der Waals surface area (Å²) in [6, 6.07) is 8.37. The number of aromatic nitrogens is 3. The number of rotatable bonds is 3. The minimum atomic E-state index is 0.0864. The molecule has 0 radical (unpaired) electrons. The van der Waals surface area contributed by atoms with Gasteiger partial charge in [-0.25, -0.2) is 9.67 Å². The normalized spacial score (nSPS) is 12.7. The molecular formula is C13H18N4. The largest absolute Gasteiger partial charge is 0.328 e. The van der Waals surface area contributed by atoms with E-state index in [1.165, 1.54) is 5.56 Å². The molecule has 1 heterocycles. The maximum absolute atomic E-state index is 5.75. The van der Waals surface area contributed by atoms with Gasteiger partial charge in [0.05, 0.1) is 0 Å². The first-order valence-electron chi connectivity index (χ1n) is 5.79. The minimum Gasteiger partial charge on any atom is -0.328 e. The molecule has 1 aromatic heterocycles. The van der Waals surface area contributed by atoms with E-state index in [0.29, 0.717) is 6.42 Å². The van der Waals surface area contributed by atoms with Crippen LogP contribution in [-0.4, -0.2) is 20.8 Å². The van der Waals surface area contributed by atoms with Crippen molar-refractivity contribution in [1.29, 1.82) is 0 Å². The zero-order valence-corrected chi connectivity index (χ0v) is 10.5. The van der Waals surface area contributed by atoms with Crippen molar-refractivity contribution >= 4 is 0 Å². The van der Waals surface area contributed by atoms with Gasteiger partial charge in [-0.05, 0) is 13.8 Å². The Morgan fingerprint density at radius 3 is 2.53 bits per heavy atom. The van der Waals surface area contributed by atoms with Gasteiger partial charge in [0.2, 0.25) is 0 Å². The van der Waals surface area contributed by atoms with E-state index in [4.69, 9.17) is 5.73 Å². The van der Waals surface area contributed by atoms with Gasteiger partial charge in [-0.1, -0.05) is 29.8 Å². The first kappa shape index (κ1) is 11.8. The van der Waals surface area contributed by atoms with Crippen LogP contribution in [0.4, 0.5) is 0 Å². The number of nitrogens with two attached hydrogens (primary N) is 1. The van der Waals surface area contributed by atoms with E-state index in [0.717, 1.165) is 17.2 Å². The molecule has 2 N–H and O–H groups in total. The van der Waals surface area contributed by atoms with Crippen molar-refractivity contribution in [2.24, 2.45) is 12.8 Å². The highest BCUT2D eigenvalue weighted by molar-refractivity contribution is 5.55. The van der Waals surface area contributed by atoms with Gasteiger partial charge in [0.15, 0.2) is 11.6 Å². The van der Waals surface area contributed by atoms with Crippen LogP contribution in [0.2, 0.25) is 0 Å². The molecule has 90 valence electrons. The Balaban J connectivity index is 2.32. The SMILES string of the molecule is Cc1ccc(-c2nc(CC(C)N)nn2C)cc1. The zero-order chi connectivity index (χ0) is 12.4. The molecule has 0 aliphatic heterocycles. The molecule has 4 heteroatoms. The maximum Gasteiger partial charge on any atom is 0.158 e. The van der Waals surface area contributed by atoms with Gasteiger partial charge in [-0.15, -0.1) is 0 Å². The first-order chi connectivity index (χ1) is 8.06. The summed E-state index contributed by atoms with van der Waals surface area (Å²) in [4.78, 5) is 4.52. The Hall–Kier alpha value is -1.68. The molecule has 1 unspecified atom stereocenters. The molecule has 0 bridgehead atoms. The van der Waals surface area contributed by atoms with Crippen molar-refractivity contribution in [3.63, 3.8) is 0 Å². The minimum absolute atomic E-state index is 0.0864. The van der Waals surface area contributed by atoms with Crippen LogP contribution in [0.1, 0.15) is 18.3 Å². The lowest BCUT2D eigenvalue weighted by atomic mass is 10.1. The number of hydrogen-bond acceptors (Lipinski definition) is 3. The van der Waals surface area contributed by atoms with E-state index >= 15 is 0 Å². The smallest absolute Gasteiger partial charge is 0.158 e. The summed E-state index contributed by atoms with van der Waals surface area (Å²) in [6.45, 7) is 4.03. The molecule has 0 aliphatic rings. The second-order valence-electron chi connectivity index (χ2n) is 4.52. The molecule has 0 spiro atoms. The summed E-state index contributed by atoms with van der Waals surface area (Å²) < 4.78 is 1.81. The van der Waals surface area contributed by atoms with Crippen LogP contribution < -0.4 is 5.73 Å². The van der Waals surface area contributed by atoms with Crippen LogP contribution >= 0.6 is 0 Å². The van der Waals surface area contributed by atoms with E-state index in [9.17, 15) is 0 Å². The molecule has 0 saturated carbocycles. The van der Waals surface area contributed by atoms with Gasteiger partial charge in [0.25, 0.3) is 0 Å².